The summed E-state index contributed by atoms with van der Waals surface area (Å²) in [7, 11) is 3.91. The second kappa shape index (κ2) is 10.3. The number of rotatable bonds is 7. The van der Waals surface area contributed by atoms with E-state index in [1.807, 2.05) is 42.9 Å². The lowest BCUT2D eigenvalue weighted by Gasteiger charge is -2.43. The first-order chi connectivity index (χ1) is 18.9. The number of hydrogen-bond donors (Lipinski definition) is 2. The molecule has 3 aromatic heterocycles. The van der Waals surface area contributed by atoms with Gasteiger partial charge >= 0.3 is 0 Å². The van der Waals surface area contributed by atoms with Gasteiger partial charge in [0.15, 0.2) is 17.0 Å². The van der Waals surface area contributed by atoms with E-state index < -0.39 is 0 Å². The van der Waals surface area contributed by atoms with Crippen molar-refractivity contribution in [2.75, 3.05) is 76.4 Å². The molecule has 2 saturated heterocycles. The summed E-state index contributed by atoms with van der Waals surface area (Å²) in [5, 5.41) is 13.0. The third-order valence-corrected chi connectivity index (χ3v) is 8.06. The minimum absolute atomic E-state index is 0.157. The number of para-hydroxylation sites is 2. The number of nitrogens with one attached hydrogen (secondary N) is 1. The zero-order chi connectivity index (χ0) is 27.1. The third kappa shape index (κ3) is 4.71. The zero-order valence-corrected chi connectivity index (χ0v) is 23.3. The number of imidazole rings is 2. The molecule has 0 aliphatic carbocycles. The molecule has 1 aromatic carbocycles. The fraction of sp³-hybridized carbons (Fsp3) is 0.556. The Bertz CT molecular complexity index is 1460. The molecule has 0 spiro atoms. The van der Waals surface area contributed by atoms with E-state index >= 15 is 0 Å². The summed E-state index contributed by atoms with van der Waals surface area (Å²) in [6, 6.07) is 8.03. The predicted molar refractivity (Wildman–Crippen MR) is 152 cm³/mol. The van der Waals surface area contributed by atoms with Crippen molar-refractivity contribution in [1.29, 1.82) is 0 Å². The van der Waals surface area contributed by atoms with E-state index in [2.05, 4.69) is 38.4 Å². The molecule has 2 aliphatic heterocycles. The molecule has 2 fully saturated rings. The molecule has 4 aromatic rings. The number of aryl methyl sites for hydroxylation is 1. The predicted octanol–water partition coefficient (Wildman–Crippen LogP) is 1.47. The summed E-state index contributed by atoms with van der Waals surface area (Å²) < 4.78 is 9.72. The molecule has 12 nitrogen and oxygen atoms in total. The molecule has 0 bridgehead atoms. The Kier molecular flexibility index (Phi) is 6.88. The number of aliphatic hydroxyl groups is 1. The van der Waals surface area contributed by atoms with Crippen LogP contribution in [0.3, 0.4) is 0 Å². The van der Waals surface area contributed by atoms with Crippen molar-refractivity contribution in [2.45, 2.75) is 25.9 Å². The van der Waals surface area contributed by atoms with E-state index in [4.69, 9.17) is 24.7 Å². The number of ether oxygens (including phenoxy) is 1. The topological polar surface area (TPSA) is 113 Å². The Balaban J connectivity index is 1.39. The van der Waals surface area contributed by atoms with Gasteiger partial charge in [0.05, 0.1) is 37.4 Å². The van der Waals surface area contributed by atoms with E-state index in [9.17, 15) is 5.11 Å². The highest BCUT2D eigenvalue weighted by Crippen LogP contribution is 2.30. The van der Waals surface area contributed by atoms with Gasteiger partial charge in [-0.05, 0) is 26.0 Å². The molecule has 2 aliphatic rings. The van der Waals surface area contributed by atoms with Gasteiger partial charge in [-0.2, -0.15) is 9.97 Å². The Labute approximate surface area is 228 Å². The quantitative estimate of drug-likeness (QED) is 0.361. The average molecular weight is 535 g/mol. The van der Waals surface area contributed by atoms with E-state index in [0.717, 1.165) is 79.7 Å². The maximum absolute atomic E-state index is 9.78. The van der Waals surface area contributed by atoms with Gasteiger partial charge in [-0.25, -0.2) is 14.5 Å². The molecule has 0 radical (unpaired) electrons. The first-order valence-electron chi connectivity index (χ1n) is 13.7. The van der Waals surface area contributed by atoms with Crippen LogP contribution < -0.4 is 10.2 Å². The molecule has 0 unspecified atom stereocenters. The monoisotopic (exact) mass is 534 g/mol. The Hall–Kier alpha value is -3.32. The number of aromatic nitrogens is 6. The number of nitrogens with zero attached hydrogens (tertiary/aromatic N) is 9. The van der Waals surface area contributed by atoms with Crippen LogP contribution in [-0.2, 0) is 18.3 Å². The molecule has 12 heteroatoms. The summed E-state index contributed by atoms with van der Waals surface area (Å²) in [6.07, 6.45) is 0. The SMILES string of the molecule is CNc1nc2ccccc2n1-c1nc(N2CCOCC2)c2nc(CN3CCN(C(C)(C)CO)CC3)n(C)c2n1. The standard InChI is InChI=1S/C27H38N10O2/c1-27(2,18-38)36-11-9-34(10-12-36)17-21-30-22-23(33(21)4)31-26(32-24(22)35-13-15-39-16-14-35)37-20-8-6-5-7-19(20)29-25(37)28-3/h5-8,38H,9-18H2,1-4H3,(H,28,29). The number of piperazine rings is 1. The number of morpholine rings is 1. The highest BCUT2D eigenvalue weighted by atomic mass is 16.5. The normalized spacial score (nSPS) is 17.9. The van der Waals surface area contributed by atoms with E-state index in [1.54, 1.807) is 0 Å². The van der Waals surface area contributed by atoms with Gasteiger partial charge in [0.25, 0.3) is 0 Å². The van der Waals surface area contributed by atoms with E-state index in [-0.39, 0.29) is 12.1 Å². The molecule has 39 heavy (non-hydrogen) atoms. The van der Waals surface area contributed by atoms with Crippen LogP contribution in [0.25, 0.3) is 28.1 Å². The Morgan fingerprint density at radius 3 is 2.44 bits per heavy atom. The Morgan fingerprint density at radius 1 is 0.974 bits per heavy atom. The first-order valence-corrected chi connectivity index (χ1v) is 13.7. The van der Waals surface area contributed by atoms with Crippen molar-refractivity contribution in [3.05, 3.63) is 30.1 Å². The van der Waals surface area contributed by atoms with Crippen LogP contribution in [0.1, 0.15) is 19.7 Å². The number of benzene rings is 1. The van der Waals surface area contributed by atoms with Crippen LogP contribution in [0.2, 0.25) is 0 Å². The van der Waals surface area contributed by atoms with E-state index in [1.165, 1.54) is 0 Å². The second-order valence-corrected chi connectivity index (χ2v) is 10.9. The van der Waals surface area contributed by atoms with Crippen molar-refractivity contribution in [3.63, 3.8) is 0 Å². The summed E-state index contributed by atoms with van der Waals surface area (Å²) in [4.78, 5) is 27.1. The molecule has 0 amide bonds. The molecule has 2 N–H and O–H groups in total. The van der Waals surface area contributed by atoms with Crippen LogP contribution >= 0.6 is 0 Å². The first kappa shape index (κ1) is 25.9. The summed E-state index contributed by atoms with van der Waals surface area (Å²) in [6.45, 7) is 11.6. The van der Waals surface area contributed by atoms with E-state index in [0.29, 0.717) is 25.1 Å². The molecule has 0 atom stereocenters. The number of fused-ring (bicyclic) bond motifs is 2. The number of aliphatic hydroxyl groups excluding tert-OH is 1. The van der Waals surface area contributed by atoms with Gasteiger partial charge in [0.2, 0.25) is 11.9 Å². The minimum atomic E-state index is -0.202. The van der Waals surface area contributed by atoms with Gasteiger partial charge in [-0.3, -0.25) is 9.80 Å². The molecule has 208 valence electrons. The second-order valence-electron chi connectivity index (χ2n) is 10.9. The summed E-state index contributed by atoms with van der Waals surface area (Å²) in [5.41, 5.74) is 3.24. The maximum atomic E-state index is 9.78. The molecule has 0 saturated carbocycles. The molecule has 5 heterocycles. The van der Waals surface area contributed by atoms with Crippen molar-refractivity contribution >= 4 is 34.0 Å². The van der Waals surface area contributed by atoms with Crippen molar-refractivity contribution in [2.24, 2.45) is 7.05 Å². The molecular weight excluding hydrogens is 496 g/mol. The number of anilines is 2. The summed E-state index contributed by atoms with van der Waals surface area (Å²) in [5.74, 6) is 3.05. The van der Waals surface area contributed by atoms with Crippen LogP contribution in [0.4, 0.5) is 11.8 Å². The zero-order valence-electron chi connectivity index (χ0n) is 23.3. The largest absolute Gasteiger partial charge is 0.394 e. The average Bonchev–Trinajstić information content (AvgIpc) is 3.50. The van der Waals surface area contributed by atoms with Crippen LogP contribution in [-0.4, -0.2) is 116 Å². The highest BCUT2D eigenvalue weighted by molar-refractivity contribution is 5.86. The van der Waals surface area contributed by atoms with Gasteiger partial charge in [0.1, 0.15) is 5.82 Å². The fourth-order valence-corrected chi connectivity index (χ4v) is 5.53. The lowest BCUT2D eigenvalue weighted by molar-refractivity contribution is 0.0141. The van der Waals surface area contributed by atoms with Gasteiger partial charge < -0.3 is 24.6 Å². The van der Waals surface area contributed by atoms with Crippen LogP contribution in [0, 0.1) is 0 Å². The van der Waals surface area contributed by atoms with Crippen LogP contribution in [0.5, 0.6) is 0 Å². The summed E-state index contributed by atoms with van der Waals surface area (Å²) >= 11 is 0. The van der Waals surface area contributed by atoms with Gasteiger partial charge in [0, 0.05) is 58.9 Å². The molecule has 6 rings (SSSR count). The Morgan fingerprint density at radius 2 is 1.72 bits per heavy atom. The fourth-order valence-electron chi connectivity index (χ4n) is 5.53. The van der Waals surface area contributed by atoms with Crippen molar-refractivity contribution in [3.8, 4) is 5.95 Å². The minimum Gasteiger partial charge on any atom is -0.394 e. The smallest absolute Gasteiger partial charge is 0.241 e. The maximum Gasteiger partial charge on any atom is 0.241 e. The van der Waals surface area contributed by atoms with Crippen molar-refractivity contribution < 1.29 is 9.84 Å². The van der Waals surface area contributed by atoms with Gasteiger partial charge in [-0.15, -0.1) is 0 Å². The number of hydrogen-bond acceptors (Lipinski definition) is 10. The third-order valence-electron chi connectivity index (χ3n) is 8.06. The molecular formula is C27H38N10O2. The highest BCUT2D eigenvalue weighted by Gasteiger charge is 2.30. The lowest BCUT2D eigenvalue weighted by atomic mass is 10.0. The van der Waals surface area contributed by atoms with Gasteiger partial charge in [-0.1, -0.05) is 12.1 Å². The van der Waals surface area contributed by atoms with Crippen molar-refractivity contribution in [1.82, 2.24) is 38.9 Å². The lowest BCUT2D eigenvalue weighted by Crippen LogP contribution is -2.55. The van der Waals surface area contributed by atoms with Crippen LogP contribution in [0.15, 0.2) is 24.3 Å².